The maximum Gasteiger partial charge on any atom is 0.320 e. The van der Waals surface area contributed by atoms with E-state index < -0.39 is 5.41 Å². The molecule has 1 heterocycles. The fourth-order valence-electron chi connectivity index (χ4n) is 4.23. The van der Waals surface area contributed by atoms with Crippen LogP contribution in [0.1, 0.15) is 43.2 Å². The summed E-state index contributed by atoms with van der Waals surface area (Å²) in [6.45, 7) is 2.09. The highest BCUT2D eigenvalue weighted by atomic mass is 32.2. The van der Waals surface area contributed by atoms with E-state index in [-0.39, 0.29) is 17.7 Å². The third kappa shape index (κ3) is 2.43. The molecule has 3 nitrogen and oxygen atoms in total. The number of hydrogen-bond donors (Lipinski definition) is 0. The van der Waals surface area contributed by atoms with Crippen molar-refractivity contribution in [2.75, 3.05) is 6.61 Å². The van der Waals surface area contributed by atoms with Gasteiger partial charge in [0.2, 0.25) is 0 Å². The number of carbonyl (C=O) groups excluding carboxylic acids is 2. The summed E-state index contributed by atoms with van der Waals surface area (Å²) in [7, 11) is 0. The lowest BCUT2D eigenvalue weighted by atomic mass is 9.66. The van der Waals surface area contributed by atoms with Gasteiger partial charge in [0, 0.05) is 22.1 Å². The third-order valence-electron chi connectivity index (χ3n) is 5.28. The van der Waals surface area contributed by atoms with E-state index >= 15 is 0 Å². The first-order valence-corrected chi connectivity index (χ1v) is 9.56. The summed E-state index contributed by atoms with van der Waals surface area (Å²) in [5, 5.41) is 0. The maximum atomic E-state index is 13.0. The molecular formula is C21H20O3S. The second-order valence-electron chi connectivity index (χ2n) is 6.58. The molecule has 0 N–H and O–H groups in total. The van der Waals surface area contributed by atoms with E-state index in [0.717, 1.165) is 27.3 Å². The maximum absolute atomic E-state index is 13.0. The van der Waals surface area contributed by atoms with Gasteiger partial charge in [-0.15, -0.1) is 0 Å². The molecule has 4 heteroatoms. The smallest absolute Gasteiger partial charge is 0.320 e. The van der Waals surface area contributed by atoms with Gasteiger partial charge in [-0.1, -0.05) is 48.2 Å². The molecule has 25 heavy (non-hydrogen) atoms. The van der Waals surface area contributed by atoms with Crippen LogP contribution in [-0.2, 0) is 14.3 Å². The summed E-state index contributed by atoms with van der Waals surface area (Å²) in [5.41, 5.74) is 1.03. The van der Waals surface area contributed by atoms with Crippen molar-refractivity contribution in [1.82, 2.24) is 0 Å². The second kappa shape index (κ2) is 6.34. The fourth-order valence-corrected chi connectivity index (χ4v) is 5.37. The van der Waals surface area contributed by atoms with Gasteiger partial charge in [0.25, 0.3) is 0 Å². The van der Waals surface area contributed by atoms with Crippen LogP contribution in [0.15, 0.2) is 58.3 Å². The van der Waals surface area contributed by atoms with Crippen LogP contribution in [0.2, 0.25) is 0 Å². The number of benzene rings is 2. The Bertz CT molecular complexity index is 799. The van der Waals surface area contributed by atoms with Crippen LogP contribution in [-0.4, -0.2) is 18.4 Å². The Labute approximate surface area is 151 Å². The Kier molecular flexibility index (Phi) is 4.16. The second-order valence-corrected chi connectivity index (χ2v) is 7.66. The van der Waals surface area contributed by atoms with E-state index in [9.17, 15) is 9.59 Å². The van der Waals surface area contributed by atoms with E-state index in [2.05, 4.69) is 24.3 Å². The molecule has 1 aliphatic carbocycles. The Morgan fingerprint density at radius 2 is 1.72 bits per heavy atom. The van der Waals surface area contributed by atoms with Crippen LogP contribution >= 0.6 is 11.8 Å². The van der Waals surface area contributed by atoms with Crippen LogP contribution in [0.4, 0.5) is 0 Å². The standard InChI is InChI=1S/C21H20O3S/c1-2-24-20(23)21(13-7-12-18(21)22)19-14-8-3-5-10-16(14)25-17-11-6-4-9-15(17)19/h3-6,8-11,19H,2,7,12-13H2,1H3/t21-/m1/s1. The first-order chi connectivity index (χ1) is 12.2. The molecule has 0 bridgehead atoms. The molecule has 1 atom stereocenters. The summed E-state index contributed by atoms with van der Waals surface area (Å²) in [5.74, 6) is -0.610. The lowest BCUT2D eigenvalue weighted by Gasteiger charge is -2.38. The fraction of sp³-hybridized carbons (Fsp3) is 0.333. The number of hydrogen-bond acceptors (Lipinski definition) is 4. The van der Waals surface area contributed by atoms with Gasteiger partial charge in [0.1, 0.15) is 5.41 Å². The molecule has 1 saturated carbocycles. The van der Waals surface area contributed by atoms with Gasteiger partial charge in [0.05, 0.1) is 6.61 Å². The summed E-state index contributed by atoms with van der Waals surface area (Å²) >= 11 is 1.71. The van der Waals surface area contributed by atoms with E-state index in [1.165, 1.54) is 0 Å². The SMILES string of the molecule is CCOC(=O)[C@]1(C2c3ccccc3Sc3ccccc32)CCCC1=O. The average molecular weight is 352 g/mol. The van der Waals surface area contributed by atoms with Gasteiger partial charge in [-0.2, -0.15) is 0 Å². The predicted molar refractivity (Wildman–Crippen MR) is 96.8 cm³/mol. The summed E-state index contributed by atoms with van der Waals surface area (Å²) < 4.78 is 5.42. The predicted octanol–water partition coefficient (Wildman–Crippen LogP) is 4.59. The molecule has 0 radical (unpaired) electrons. The van der Waals surface area contributed by atoms with E-state index in [1.54, 1.807) is 18.7 Å². The molecule has 0 unspecified atom stereocenters. The molecular weight excluding hydrogens is 332 g/mol. The van der Waals surface area contributed by atoms with Crippen molar-refractivity contribution in [3.8, 4) is 0 Å². The van der Waals surface area contributed by atoms with Crippen LogP contribution in [0.3, 0.4) is 0 Å². The normalized spacial score (nSPS) is 22.4. The Morgan fingerprint density at radius 3 is 2.24 bits per heavy atom. The highest BCUT2D eigenvalue weighted by molar-refractivity contribution is 7.99. The Morgan fingerprint density at radius 1 is 1.12 bits per heavy atom. The zero-order valence-corrected chi connectivity index (χ0v) is 15.0. The van der Waals surface area contributed by atoms with Gasteiger partial charge in [-0.25, -0.2) is 0 Å². The first kappa shape index (κ1) is 16.4. The molecule has 1 aliphatic heterocycles. The zero-order valence-electron chi connectivity index (χ0n) is 14.2. The highest BCUT2D eigenvalue weighted by Crippen LogP contribution is 2.57. The van der Waals surface area contributed by atoms with E-state index in [4.69, 9.17) is 4.74 Å². The summed E-state index contributed by atoms with van der Waals surface area (Å²) in [4.78, 5) is 28.3. The lowest BCUT2D eigenvalue weighted by molar-refractivity contribution is -0.159. The Balaban J connectivity index is 1.96. The van der Waals surface area contributed by atoms with Crippen molar-refractivity contribution in [3.05, 3.63) is 59.7 Å². The molecule has 0 aromatic heterocycles. The van der Waals surface area contributed by atoms with Crippen molar-refractivity contribution in [2.24, 2.45) is 5.41 Å². The van der Waals surface area contributed by atoms with Gasteiger partial charge < -0.3 is 4.74 Å². The zero-order chi connectivity index (χ0) is 17.4. The minimum Gasteiger partial charge on any atom is -0.465 e. The number of fused-ring (bicyclic) bond motifs is 2. The van der Waals surface area contributed by atoms with Crippen LogP contribution in [0.5, 0.6) is 0 Å². The largest absolute Gasteiger partial charge is 0.465 e. The number of esters is 1. The van der Waals surface area contributed by atoms with Crippen molar-refractivity contribution in [2.45, 2.75) is 41.9 Å². The van der Waals surface area contributed by atoms with Crippen LogP contribution < -0.4 is 0 Å². The minimum atomic E-state index is -1.09. The van der Waals surface area contributed by atoms with Crippen molar-refractivity contribution >= 4 is 23.5 Å². The van der Waals surface area contributed by atoms with Gasteiger partial charge in [-0.05, 0) is 43.0 Å². The summed E-state index contributed by atoms with van der Waals surface area (Å²) in [6, 6.07) is 16.2. The number of carbonyl (C=O) groups is 2. The lowest BCUT2D eigenvalue weighted by Crippen LogP contribution is -2.43. The Hall–Kier alpha value is -2.07. The number of Topliss-reactive ketones (excluding diaryl/α,β-unsaturated/α-hetero) is 1. The molecule has 4 rings (SSSR count). The molecule has 0 saturated heterocycles. The van der Waals surface area contributed by atoms with E-state index in [1.807, 2.05) is 24.3 Å². The third-order valence-corrected chi connectivity index (χ3v) is 6.47. The highest BCUT2D eigenvalue weighted by Gasteiger charge is 2.57. The minimum absolute atomic E-state index is 0.0208. The topological polar surface area (TPSA) is 43.4 Å². The van der Waals surface area contributed by atoms with Gasteiger partial charge >= 0.3 is 5.97 Å². The van der Waals surface area contributed by atoms with E-state index in [0.29, 0.717) is 19.4 Å². The number of ketones is 1. The number of rotatable bonds is 3. The first-order valence-electron chi connectivity index (χ1n) is 8.74. The number of ether oxygens (including phenoxy) is 1. The molecule has 2 aromatic rings. The summed E-state index contributed by atoms with van der Waals surface area (Å²) in [6.07, 6.45) is 1.75. The molecule has 2 aliphatic rings. The quantitative estimate of drug-likeness (QED) is 0.599. The van der Waals surface area contributed by atoms with Crippen LogP contribution in [0.25, 0.3) is 0 Å². The van der Waals surface area contributed by atoms with Gasteiger partial charge in [0.15, 0.2) is 5.78 Å². The van der Waals surface area contributed by atoms with Crippen molar-refractivity contribution in [1.29, 1.82) is 0 Å². The average Bonchev–Trinajstić information content (AvgIpc) is 3.02. The molecule has 0 spiro atoms. The van der Waals surface area contributed by atoms with Gasteiger partial charge in [-0.3, -0.25) is 9.59 Å². The molecule has 128 valence electrons. The monoisotopic (exact) mass is 352 g/mol. The van der Waals surface area contributed by atoms with Crippen molar-refractivity contribution in [3.63, 3.8) is 0 Å². The molecule has 0 amide bonds. The van der Waals surface area contributed by atoms with Crippen LogP contribution in [0, 0.1) is 5.41 Å². The van der Waals surface area contributed by atoms with Crippen molar-refractivity contribution < 1.29 is 14.3 Å². The molecule has 2 aromatic carbocycles. The molecule has 1 fully saturated rings.